The average Bonchev–Trinajstić information content (AvgIpc) is 2.76. The monoisotopic (exact) mass is 277 g/mol. The molecule has 1 aromatic rings. The van der Waals surface area contributed by atoms with E-state index in [9.17, 15) is 8.42 Å². The quantitative estimate of drug-likeness (QED) is 0.780. The predicted molar refractivity (Wildman–Crippen MR) is 65.5 cm³/mol. The van der Waals surface area contributed by atoms with Crippen LogP contribution in [0.15, 0.2) is 17.3 Å². The van der Waals surface area contributed by atoms with E-state index in [1.54, 1.807) is 7.05 Å². The van der Waals surface area contributed by atoms with Crippen LogP contribution >= 0.6 is 11.6 Å². The second-order valence-electron chi connectivity index (χ2n) is 4.21. The van der Waals surface area contributed by atoms with Crippen molar-refractivity contribution in [3.05, 3.63) is 12.3 Å². The Labute approximate surface area is 106 Å². The van der Waals surface area contributed by atoms with Gasteiger partial charge in [0, 0.05) is 25.5 Å². The van der Waals surface area contributed by atoms with Crippen LogP contribution in [0.4, 0.5) is 0 Å². The van der Waals surface area contributed by atoms with Crippen molar-refractivity contribution in [2.24, 2.45) is 7.05 Å². The summed E-state index contributed by atoms with van der Waals surface area (Å²) in [4.78, 5) is 0. The van der Waals surface area contributed by atoms with Crippen molar-refractivity contribution in [1.29, 1.82) is 0 Å². The number of alkyl halides is 1. The topological polar surface area (TPSA) is 55.2 Å². The lowest BCUT2D eigenvalue weighted by atomic mass is 10.1. The van der Waals surface area contributed by atoms with Crippen molar-refractivity contribution >= 4 is 21.6 Å². The first-order valence-corrected chi connectivity index (χ1v) is 7.60. The molecule has 2 heterocycles. The van der Waals surface area contributed by atoms with Crippen molar-refractivity contribution in [1.82, 2.24) is 14.1 Å². The third-order valence-corrected chi connectivity index (χ3v) is 5.48. The second kappa shape index (κ2) is 4.96. The van der Waals surface area contributed by atoms with Gasteiger partial charge in [-0.2, -0.15) is 9.40 Å². The molecule has 0 radical (unpaired) electrons. The summed E-state index contributed by atoms with van der Waals surface area (Å²) >= 11 is 5.85. The van der Waals surface area contributed by atoms with Crippen molar-refractivity contribution in [3.8, 4) is 0 Å². The summed E-state index contributed by atoms with van der Waals surface area (Å²) in [7, 11) is -1.83. The number of piperidine rings is 1. The van der Waals surface area contributed by atoms with Crippen LogP contribution in [0.5, 0.6) is 0 Å². The number of sulfonamides is 1. The number of hydrogen-bond donors (Lipinski definition) is 0. The molecule has 1 aliphatic heterocycles. The Morgan fingerprint density at radius 3 is 2.88 bits per heavy atom. The van der Waals surface area contributed by atoms with Crippen LogP contribution in [0.2, 0.25) is 0 Å². The minimum atomic E-state index is -3.46. The molecule has 0 spiro atoms. The van der Waals surface area contributed by atoms with E-state index >= 15 is 0 Å². The molecule has 17 heavy (non-hydrogen) atoms. The maximum atomic E-state index is 12.4. The van der Waals surface area contributed by atoms with Crippen LogP contribution < -0.4 is 0 Å². The molecule has 1 fully saturated rings. The molecule has 96 valence electrons. The number of nitrogens with zero attached hydrogens (tertiary/aromatic N) is 3. The summed E-state index contributed by atoms with van der Waals surface area (Å²) in [5, 5.41) is 4.14. The van der Waals surface area contributed by atoms with Gasteiger partial charge in [-0.25, -0.2) is 8.42 Å². The molecule has 0 amide bonds. The van der Waals surface area contributed by atoms with Gasteiger partial charge in [0.05, 0.1) is 6.20 Å². The van der Waals surface area contributed by atoms with Crippen LogP contribution in [0.3, 0.4) is 0 Å². The first-order valence-electron chi connectivity index (χ1n) is 5.63. The lowest BCUT2D eigenvalue weighted by Gasteiger charge is -2.33. The predicted octanol–water partition coefficient (Wildman–Crippen LogP) is 1.20. The van der Waals surface area contributed by atoms with Gasteiger partial charge >= 0.3 is 0 Å². The Kier molecular flexibility index (Phi) is 3.75. The van der Waals surface area contributed by atoms with Gasteiger partial charge in [0.1, 0.15) is 0 Å². The fraction of sp³-hybridized carbons (Fsp3) is 0.700. The molecule has 0 aromatic carbocycles. The fourth-order valence-corrected chi connectivity index (χ4v) is 4.38. The van der Waals surface area contributed by atoms with Crippen molar-refractivity contribution in [2.45, 2.75) is 30.3 Å². The minimum absolute atomic E-state index is 0.0923. The van der Waals surface area contributed by atoms with E-state index in [0.29, 0.717) is 12.4 Å². The molecule has 0 N–H and O–H groups in total. The lowest BCUT2D eigenvalue weighted by molar-refractivity contribution is 0.269. The maximum Gasteiger partial charge on any atom is 0.260 e. The molecule has 1 aromatic heterocycles. The molecule has 0 aliphatic carbocycles. The fourth-order valence-electron chi connectivity index (χ4n) is 2.18. The van der Waals surface area contributed by atoms with Gasteiger partial charge in [-0.3, -0.25) is 4.68 Å². The van der Waals surface area contributed by atoms with E-state index in [4.69, 9.17) is 11.6 Å². The minimum Gasteiger partial charge on any atom is -0.256 e. The number of rotatable bonds is 3. The van der Waals surface area contributed by atoms with Crippen LogP contribution in [-0.2, 0) is 17.1 Å². The summed E-state index contributed by atoms with van der Waals surface area (Å²) in [6.07, 6.45) is 4.26. The molecule has 1 aliphatic rings. The highest BCUT2D eigenvalue weighted by atomic mass is 35.5. The Bertz CT molecular complexity index is 485. The smallest absolute Gasteiger partial charge is 0.256 e. The van der Waals surface area contributed by atoms with Gasteiger partial charge in [0.2, 0.25) is 0 Å². The Balaban J connectivity index is 2.34. The lowest BCUT2D eigenvalue weighted by Crippen LogP contribution is -2.45. The highest BCUT2D eigenvalue weighted by molar-refractivity contribution is 7.89. The first kappa shape index (κ1) is 12.9. The van der Waals surface area contributed by atoms with Crippen molar-refractivity contribution in [2.75, 3.05) is 12.4 Å². The van der Waals surface area contributed by atoms with Gasteiger partial charge in [0.15, 0.2) is 5.03 Å². The van der Waals surface area contributed by atoms with Crippen molar-refractivity contribution < 1.29 is 8.42 Å². The van der Waals surface area contributed by atoms with E-state index in [1.165, 1.54) is 21.3 Å². The standard InChI is InChI=1S/C10H16ClN3O2S/c1-13-10(5-6-12-13)17(15,16)14-7-3-2-4-9(14)8-11/h5-6,9H,2-4,7-8H2,1H3. The van der Waals surface area contributed by atoms with Crippen LogP contribution in [-0.4, -0.2) is 41.0 Å². The Morgan fingerprint density at radius 2 is 2.29 bits per heavy atom. The molecular weight excluding hydrogens is 262 g/mol. The van der Waals surface area contributed by atoms with Gasteiger partial charge in [-0.05, 0) is 18.9 Å². The molecule has 7 heteroatoms. The summed E-state index contributed by atoms with van der Waals surface area (Å²) < 4.78 is 27.8. The highest BCUT2D eigenvalue weighted by Crippen LogP contribution is 2.25. The zero-order chi connectivity index (χ0) is 12.5. The largest absolute Gasteiger partial charge is 0.260 e. The first-order chi connectivity index (χ1) is 8.07. The molecular formula is C10H16ClN3O2S. The van der Waals surface area contributed by atoms with E-state index in [1.807, 2.05) is 0 Å². The number of aromatic nitrogens is 2. The molecule has 1 atom stereocenters. The highest BCUT2D eigenvalue weighted by Gasteiger charge is 2.34. The van der Waals surface area contributed by atoms with E-state index in [2.05, 4.69) is 5.10 Å². The third-order valence-electron chi connectivity index (χ3n) is 3.10. The van der Waals surface area contributed by atoms with E-state index < -0.39 is 10.0 Å². The Morgan fingerprint density at radius 1 is 1.53 bits per heavy atom. The number of aryl methyl sites for hydroxylation is 1. The zero-order valence-electron chi connectivity index (χ0n) is 9.71. The van der Waals surface area contributed by atoms with Crippen LogP contribution in [0, 0.1) is 0 Å². The van der Waals surface area contributed by atoms with E-state index in [0.717, 1.165) is 19.3 Å². The molecule has 5 nitrogen and oxygen atoms in total. The second-order valence-corrected chi connectivity index (χ2v) is 6.36. The third kappa shape index (κ3) is 2.34. The maximum absolute atomic E-state index is 12.4. The summed E-state index contributed by atoms with van der Waals surface area (Å²) in [5.74, 6) is 0.344. The normalized spacial score (nSPS) is 22.8. The van der Waals surface area contributed by atoms with Gasteiger partial charge in [-0.15, -0.1) is 11.6 Å². The number of halogens is 1. The zero-order valence-corrected chi connectivity index (χ0v) is 11.3. The molecule has 1 saturated heterocycles. The summed E-state index contributed by atoms with van der Waals surface area (Å²) in [6, 6.07) is 1.43. The van der Waals surface area contributed by atoms with E-state index in [-0.39, 0.29) is 11.1 Å². The Hall–Kier alpha value is -0.590. The number of hydrogen-bond acceptors (Lipinski definition) is 3. The van der Waals surface area contributed by atoms with Gasteiger partial charge in [0.25, 0.3) is 10.0 Å². The van der Waals surface area contributed by atoms with Crippen LogP contribution in [0.1, 0.15) is 19.3 Å². The molecule has 0 saturated carbocycles. The SMILES string of the molecule is Cn1nccc1S(=O)(=O)N1CCCCC1CCl. The average molecular weight is 278 g/mol. The molecule has 2 rings (SSSR count). The summed E-state index contributed by atoms with van der Waals surface area (Å²) in [6.45, 7) is 0.547. The van der Waals surface area contributed by atoms with Crippen molar-refractivity contribution in [3.63, 3.8) is 0 Å². The van der Waals surface area contributed by atoms with Gasteiger partial charge < -0.3 is 0 Å². The van der Waals surface area contributed by atoms with Gasteiger partial charge in [-0.1, -0.05) is 6.42 Å². The summed E-state index contributed by atoms with van der Waals surface area (Å²) in [5.41, 5.74) is 0. The molecule has 1 unspecified atom stereocenters. The van der Waals surface area contributed by atoms with Crippen LogP contribution in [0.25, 0.3) is 0 Å². The molecule has 0 bridgehead atoms.